The van der Waals surface area contributed by atoms with Crippen LogP contribution in [0.4, 0.5) is 0 Å². The van der Waals surface area contributed by atoms with Crippen molar-refractivity contribution in [1.82, 2.24) is 20.9 Å². The van der Waals surface area contributed by atoms with E-state index in [-0.39, 0.29) is 0 Å². The van der Waals surface area contributed by atoms with Crippen molar-refractivity contribution >= 4 is 58.1 Å². The second kappa shape index (κ2) is 14.8. The van der Waals surface area contributed by atoms with Crippen LogP contribution in [0.15, 0.2) is 30.5 Å². The predicted octanol–water partition coefficient (Wildman–Crippen LogP) is 1.10. The molecule has 2 rings (SSSR count). The van der Waals surface area contributed by atoms with Crippen molar-refractivity contribution in [2.24, 2.45) is 5.73 Å². The van der Waals surface area contributed by atoms with Crippen molar-refractivity contribution in [3.63, 3.8) is 0 Å². The topological polar surface area (TPSA) is 166 Å². The van der Waals surface area contributed by atoms with E-state index in [2.05, 4.69) is 20.9 Å². The Bertz CT molecular complexity index is 1050. The lowest BCUT2D eigenvalue weighted by Gasteiger charge is -2.24. The number of carbonyl (C=O) groups excluding carboxylic acids is 3. The molecule has 3 amide bonds. The van der Waals surface area contributed by atoms with E-state index < -0.39 is 47.9 Å². The van der Waals surface area contributed by atoms with Gasteiger partial charge in [-0.25, -0.2) is 0 Å². The van der Waals surface area contributed by atoms with E-state index in [1.54, 1.807) is 0 Å². The Kier molecular flexibility index (Phi) is 12.1. The molecular weight excluding hydrogens is 502 g/mol. The van der Waals surface area contributed by atoms with Gasteiger partial charge in [0, 0.05) is 17.1 Å². The lowest BCUT2D eigenvalue weighted by atomic mass is 10.0. The van der Waals surface area contributed by atoms with E-state index in [1.165, 1.54) is 30.4 Å². The molecule has 0 aliphatic carbocycles. The van der Waals surface area contributed by atoms with Crippen molar-refractivity contribution in [1.29, 1.82) is 0 Å². The molecule has 0 aliphatic rings. The summed E-state index contributed by atoms with van der Waals surface area (Å²) in [7, 11) is 0. The van der Waals surface area contributed by atoms with Crippen molar-refractivity contribution in [3.05, 3.63) is 36.0 Å². The second-order valence-electron chi connectivity index (χ2n) is 8.42. The number of rotatable bonds is 15. The first-order chi connectivity index (χ1) is 17.2. The second-order valence-corrected chi connectivity index (χ2v) is 10.4. The highest BCUT2D eigenvalue weighted by molar-refractivity contribution is 7.98. The molecule has 198 valence electrons. The van der Waals surface area contributed by atoms with Crippen LogP contribution in [0.2, 0.25) is 0 Å². The lowest BCUT2D eigenvalue weighted by Crippen LogP contribution is -2.57. The highest BCUT2D eigenvalue weighted by Gasteiger charge is 2.29. The van der Waals surface area contributed by atoms with Crippen LogP contribution < -0.4 is 21.7 Å². The normalized spacial score (nSPS) is 14.4. The Morgan fingerprint density at radius 1 is 0.944 bits per heavy atom. The lowest BCUT2D eigenvalue weighted by molar-refractivity contribution is -0.141. The minimum absolute atomic E-state index is 0.290. The first-order valence-corrected chi connectivity index (χ1v) is 14.4. The van der Waals surface area contributed by atoms with Crippen LogP contribution >= 0.6 is 23.5 Å². The van der Waals surface area contributed by atoms with Crippen molar-refractivity contribution in [3.8, 4) is 0 Å². The summed E-state index contributed by atoms with van der Waals surface area (Å²) in [5, 5.41) is 17.9. The van der Waals surface area contributed by atoms with E-state index in [0.29, 0.717) is 30.8 Å². The molecule has 0 bridgehead atoms. The maximum absolute atomic E-state index is 13.1. The van der Waals surface area contributed by atoms with E-state index >= 15 is 0 Å². The number of carbonyl (C=O) groups is 4. The standard InChI is InChI=1S/C24H35N5O5S2/c1-14(24(33)34)27-22(31)19(8-10-35-2)29-23(32)20(9-11-36-3)28-21(30)17(25)12-15-13-26-18-7-5-4-6-16(15)18/h4-7,13-14,17,19-20,26H,8-12,25H2,1-3H3,(H,27,31)(H,28,30)(H,29,32)(H,33,34). The molecule has 7 N–H and O–H groups in total. The number of amides is 3. The van der Waals surface area contributed by atoms with Gasteiger partial charge in [0.15, 0.2) is 0 Å². The third-order valence-electron chi connectivity index (χ3n) is 5.67. The highest BCUT2D eigenvalue weighted by atomic mass is 32.2. The van der Waals surface area contributed by atoms with Crippen LogP contribution in [-0.2, 0) is 25.6 Å². The largest absolute Gasteiger partial charge is 0.480 e. The SMILES string of the molecule is CSCCC(NC(=O)C(N)Cc1c[nH]c2ccccc12)C(=O)NC(CCSC)C(=O)NC(C)C(=O)O. The van der Waals surface area contributed by atoms with Crippen LogP contribution in [0.1, 0.15) is 25.3 Å². The summed E-state index contributed by atoms with van der Waals surface area (Å²) in [6, 6.07) is 3.93. The average molecular weight is 538 g/mol. The molecular formula is C24H35N5O5S2. The number of thioether (sulfide) groups is 2. The minimum Gasteiger partial charge on any atom is -0.480 e. The van der Waals surface area contributed by atoms with Crippen LogP contribution in [0, 0.1) is 0 Å². The fraction of sp³-hybridized carbons (Fsp3) is 0.500. The molecule has 0 saturated carbocycles. The third kappa shape index (κ3) is 8.75. The van der Waals surface area contributed by atoms with Crippen molar-refractivity contribution < 1.29 is 24.3 Å². The number of carboxylic acids is 1. The van der Waals surface area contributed by atoms with Gasteiger partial charge in [0.2, 0.25) is 17.7 Å². The summed E-state index contributed by atoms with van der Waals surface area (Å²) < 4.78 is 0. The first-order valence-electron chi connectivity index (χ1n) is 11.6. The number of nitrogens with one attached hydrogen (secondary N) is 4. The van der Waals surface area contributed by atoms with Crippen LogP contribution in [0.25, 0.3) is 10.9 Å². The molecule has 4 atom stereocenters. The number of benzene rings is 1. The van der Waals surface area contributed by atoms with E-state index in [1.807, 2.05) is 43.0 Å². The van der Waals surface area contributed by atoms with Gasteiger partial charge in [-0.05, 0) is 61.8 Å². The average Bonchev–Trinajstić information content (AvgIpc) is 3.26. The monoisotopic (exact) mass is 537 g/mol. The summed E-state index contributed by atoms with van der Waals surface area (Å²) in [5.41, 5.74) is 8.04. The molecule has 0 saturated heterocycles. The maximum atomic E-state index is 13.1. The third-order valence-corrected chi connectivity index (χ3v) is 6.96. The number of nitrogens with two attached hydrogens (primary N) is 1. The molecule has 10 nitrogen and oxygen atoms in total. The number of aromatic amines is 1. The van der Waals surface area contributed by atoms with E-state index in [4.69, 9.17) is 10.8 Å². The Labute approximate surface area is 219 Å². The number of hydrogen-bond donors (Lipinski definition) is 6. The summed E-state index contributed by atoms with van der Waals surface area (Å²) in [4.78, 5) is 52.9. The van der Waals surface area contributed by atoms with Crippen molar-refractivity contribution in [2.45, 2.75) is 50.4 Å². The number of carboxylic acid groups (broad SMARTS) is 1. The first kappa shape index (κ1) is 29.5. The molecule has 36 heavy (non-hydrogen) atoms. The minimum atomic E-state index is -1.17. The Morgan fingerprint density at radius 3 is 2.08 bits per heavy atom. The molecule has 0 aliphatic heterocycles. The Hall–Kier alpha value is -2.70. The summed E-state index contributed by atoms with van der Waals surface area (Å²) >= 11 is 3.02. The zero-order chi connectivity index (χ0) is 26.7. The molecule has 1 aromatic carbocycles. The molecule has 1 aromatic heterocycles. The van der Waals surface area contributed by atoms with Gasteiger partial charge in [0.05, 0.1) is 6.04 Å². The number of aromatic nitrogens is 1. The van der Waals surface area contributed by atoms with E-state index in [0.717, 1.165) is 16.5 Å². The number of fused-ring (bicyclic) bond motifs is 1. The molecule has 0 fully saturated rings. The number of H-pyrrole nitrogens is 1. The zero-order valence-electron chi connectivity index (χ0n) is 20.7. The highest BCUT2D eigenvalue weighted by Crippen LogP contribution is 2.19. The molecule has 0 spiro atoms. The van der Waals surface area contributed by atoms with Gasteiger partial charge in [-0.2, -0.15) is 23.5 Å². The van der Waals surface area contributed by atoms with Crippen LogP contribution in [-0.4, -0.2) is 82.0 Å². The van der Waals surface area contributed by atoms with Gasteiger partial charge in [0.25, 0.3) is 0 Å². The fourth-order valence-electron chi connectivity index (χ4n) is 3.57. The molecule has 4 unspecified atom stereocenters. The zero-order valence-corrected chi connectivity index (χ0v) is 22.3. The summed E-state index contributed by atoms with van der Waals surface area (Å²) in [5.74, 6) is -1.55. The van der Waals surface area contributed by atoms with Crippen molar-refractivity contribution in [2.75, 3.05) is 24.0 Å². The van der Waals surface area contributed by atoms with Gasteiger partial charge in [-0.3, -0.25) is 19.2 Å². The van der Waals surface area contributed by atoms with Crippen LogP contribution in [0.3, 0.4) is 0 Å². The molecule has 2 aromatic rings. The molecule has 1 heterocycles. The maximum Gasteiger partial charge on any atom is 0.325 e. The van der Waals surface area contributed by atoms with Crippen LogP contribution in [0.5, 0.6) is 0 Å². The Balaban J connectivity index is 2.07. The predicted molar refractivity (Wildman–Crippen MR) is 145 cm³/mol. The van der Waals surface area contributed by atoms with Gasteiger partial charge >= 0.3 is 5.97 Å². The quantitative estimate of drug-likeness (QED) is 0.196. The van der Waals surface area contributed by atoms with Gasteiger partial charge in [-0.1, -0.05) is 18.2 Å². The fourth-order valence-corrected chi connectivity index (χ4v) is 4.51. The van der Waals surface area contributed by atoms with Gasteiger partial charge < -0.3 is 31.8 Å². The van der Waals surface area contributed by atoms with Gasteiger partial charge in [0.1, 0.15) is 18.1 Å². The Morgan fingerprint density at radius 2 is 1.50 bits per heavy atom. The number of hydrogen-bond acceptors (Lipinski definition) is 7. The smallest absolute Gasteiger partial charge is 0.325 e. The molecule has 12 heteroatoms. The van der Waals surface area contributed by atoms with Gasteiger partial charge in [-0.15, -0.1) is 0 Å². The summed E-state index contributed by atoms with van der Waals surface area (Å²) in [6.07, 6.45) is 6.53. The van der Waals surface area contributed by atoms with E-state index in [9.17, 15) is 19.2 Å². The number of aliphatic carboxylic acids is 1. The number of para-hydroxylation sites is 1. The summed E-state index contributed by atoms with van der Waals surface area (Å²) in [6.45, 7) is 1.35. The molecule has 0 radical (unpaired) electrons.